The van der Waals surface area contributed by atoms with E-state index in [0.717, 1.165) is 6.42 Å². The van der Waals surface area contributed by atoms with Gasteiger partial charge in [0.05, 0.1) is 23.0 Å². The van der Waals surface area contributed by atoms with Gasteiger partial charge in [0.15, 0.2) is 0 Å². The number of aromatic nitrogens is 1. The van der Waals surface area contributed by atoms with Gasteiger partial charge in [-0.15, -0.1) is 0 Å². The lowest BCUT2D eigenvalue weighted by Crippen LogP contribution is -2.38. The maximum atomic E-state index is 12.3. The van der Waals surface area contributed by atoms with Crippen molar-refractivity contribution in [2.24, 2.45) is 0 Å². The van der Waals surface area contributed by atoms with Gasteiger partial charge in [-0.2, -0.15) is 0 Å². The molecule has 0 aromatic carbocycles. The van der Waals surface area contributed by atoms with Crippen LogP contribution in [0.2, 0.25) is 5.02 Å². The molecule has 0 bridgehead atoms. The molecule has 0 radical (unpaired) electrons. The molecule has 0 unspecified atom stereocenters. The minimum atomic E-state index is -0.212. The zero-order valence-electron chi connectivity index (χ0n) is 12.7. The molecule has 1 aromatic heterocycles. The highest BCUT2D eigenvalue weighted by atomic mass is 35.5. The number of methoxy groups -OCH3 is 2. The standard InChI is InChI=1S/C14H22ClN3O3/c1-11-13(15)12(5-6-16-11)17-14(19)18(8-10-21-3)7-4-9-20-2/h5-6H,4,7-10H2,1-3H3,(H,16,17,19). The molecule has 21 heavy (non-hydrogen) atoms. The Bertz CT molecular complexity index is 457. The first-order chi connectivity index (χ1) is 10.1. The summed E-state index contributed by atoms with van der Waals surface area (Å²) < 4.78 is 10.0. The van der Waals surface area contributed by atoms with Crippen LogP contribution in [0, 0.1) is 6.92 Å². The summed E-state index contributed by atoms with van der Waals surface area (Å²) in [6.07, 6.45) is 2.37. The number of halogens is 1. The van der Waals surface area contributed by atoms with Crippen molar-refractivity contribution < 1.29 is 14.3 Å². The van der Waals surface area contributed by atoms with Crippen molar-refractivity contribution in [3.05, 3.63) is 23.0 Å². The van der Waals surface area contributed by atoms with Crippen molar-refractivity contribution in [1.82, 2.24) is 9.88 Å². The van der Waals surface area contributed by atoms with Crippen LogP contribution < -0.4 is 5.32 Å². The average molecular weight is 316 g/mol. The molecular weight excluding hydrogens is 294 g/mol. The third kappa shape index (κ3) is 5.87. The summed E-state index contributed by atoms with van der Waals surface area (Å²) in [7, 11) is 3.24. The molecule has 0 aliphatic carbocycles. The van der Waals surface area contributed by atoms with Crippen LogP contribution in [-0.4, -0.2) is 56.4 Å². The summed E-state index contributed by atoms with van der Waals surface area (Å²) in [5, 5.41) is 3.26. The van der Waals surface area contributed by atoms with Crippen LogP contribution in [0.5, 0.6) is 0 Å². The van der Waals surface area contributed by atoms with Gasteiger partial charge in [0.25, 0.3) is 0 Å². The van der Waals surface area contributed by atoms with Gasteiger partial charge in [-0.25, -0.2) is 4.79 Å². The lowest BCUT2D eigenvalue weighted by molar-refractivity contribution is 0.143. The minimum Gasteiger partial charge on any atom is -0.385 e. The molecular formula is C14H22ClN3O3. The van der Waals surface area contributed by atoms with E-state index in [1.54, 1.807) is 38.3 Å². The summed E-state index contributed by atoms with van der Waals surface area (Å²) in [4.78, 5) is 18.1. The fraction of sp³-hybridized carbons (Fsp3) is 0.571. The van der Waals surface area contributed by atoms with Gasteiger partial charge in [-0.05, 0) is 19.4 Å². The summed E-state index contributed by atoms with van der Waals surface area (Å²) in [6.45, 7) is 3.97. The number of nitrogens with one attached hydrogen (secondary N) is 1. The number of pyridine rings is 1. The maximum absolute atomic E-state index is 12.3. The Morgan fingerprint density at radius 3 is 2.71 bits per heavy atom. The van der Waals surface area contributed by atoms with Gasteiger partial charge < -0.3 is 19.7 Å². The van der Waals surface area contributed by atoms with Crippen LogP contribution in [0.15, 0.2) is 12.3 Å². The fourth-order valence-electron chi connectivity index (χ4n) is 1.76. The second-order valence-electron chi connectivity index (χ2n) is 4.51. The SMILES string of the molecule is COCCCN(CCOC)C(=O)Nc1ccnc(C)c1Cl. The van der Waals surface area contributed by atoms with Gasteiger partial charge in [0.2, 0.25) is 0 Å². The molecule has 0 aliphatic heterocycles. The second-order valence-corrected chi connectivity index (χ2v) is 4.89. The van der Waals surface area contributed by atoms with E-state index in [-0.39, 0.29) is 6.03 Å². The highest BCUT2D eigenvalue weighted by Gasteiger charge is 2.15. The zero-order chi connectivity index (χ0) is 15.7. The number of aryl methyl sites for hydroxylation is 1. The maximum Gasteiger partial charge on any atom is 0.321 e. The molecule has 118 valence electrons. The van der Waals surface area contributed by atoms with Crippen molar-refractivity contribution in [2.75, 3.05) is 45.8 Å². The Balaban J connectivity index is 2.67. The molecule has 7 heteroatoms. The number of carbonyl (C=O) groups is 1. The predicted octanol–water partition coefficient (Wildman–Crippen LogP) is 2.56. The Hall–Kier alpha value is -1.37. The Labute approximate surface area is 130 Å². The van der Waals surface area contributed by atoms with Crippen LogP contribution in [0.1, 0.15) is 12.1 Å². The van der Waals surface area contributed by atoms with Gasteiger partial charge in [-0.3, -0.25) is 4.98 Å². The van der Waals surface area contributed by atoms with Gasteiger partial charge >= 0.3 is 6.03 Å². The van der Waals surface area contributed by atoms with Crippen LogP contribution in [0.25, 0.3) is 0 Å². The number of ether oxygens (including phenoxy) is 2. The van der Waals surface area contributed by atoms with E-state index in [9.17, 15) is 4.79 Å². The average Bonchev–Trinajstić information content (AvgIpc) is 2.47. The first-order valence-electron chi connectivity index (χ1n) is 6.75. The third-order valence-corrected chi connectivity index (χ3v) is 3.41. The molecule has 1 rings (SSSR count). The zero-order valence-corrected chi connectivity index (χ0v) is 13.4. The number of amides is 2. The van der Waals surface area contributed by atoms with Gasteiger partial charge in [0, 0.05) is 40.1 Å². The van der Waals surface area contributed by atoms with E-state index in [1.165, 1.54) is 0 Å². The first kappa shape index (κ1) is 17.7. The van der Waals surface area contributed by atoms with Gasteiger partial charge in [-0.1, -0.05) is 11.6 Å². The molecule has 0 spiro atoms. The highest BCUT2D eigenvalue weighted by molar-refractivity contribution is 6.34. The normalized spacial score (nSPS) is 10.5. The minimum absolute atomic E-state index is 0.212. The van der Waals surface area contributed by atoms with Crippen LogP contribution in [-0.2, 0) is 9.47 Å². The number of carbonyl (C=O) groups excluding carboxylic acids is 1. The molecule has 0 saturated carbocycles. The summed E-state index contributed by atoms with van der Waals surface area (Å²) in [5.41, 5.74) is 1.24. The first-order valence-corrected chi connectivity index (χ1v) is 7.12. The largest absolute Gasteiger partial charge is 0.385 e. The molecule has 0 aliphatic rings. The summed E-state index contributed by atoms with van der Waals surface area (Å²) in [6, 6.07) is 1.47. The monoisotopic (exact) mass is 315 g/mol. The Kier molecular flexibility index (Phi) is 8.04. The number of hydrogen-bond acceptors (Lipinski definition) is 4. The number of nitrogens with zero attached hydrogens (tertiary/aromatic N) is 2. The molecule has 1 N–H and O–H groups in total. The topological polar surface area (TPSA) is 63.7 Å². The van der Waals surface area contributed by atoms with Crippen molar-refractivity contribution in [3.63, 3.8) is 0 Å². The molecule has 6 nitrogen and oxygen atoms in total. The lowest BCUT2D eigenvalue weighted by Gasteiger charge is -2.23. The molecule has 0 atom stereocenters. The van der Waals surface area contributed by atoms with E-state index in [2.05, 4.69) is 10.3 Å². The van der Waals surface area contributed by atoms with Crippen molar-refractivity contribution in [1.29, 1.82) is 0 Å². The Morgan fingerprint density at radius 2 is 2.05 bits per heavy atom. The third-order valence-electron chi connectivity index (χ3n) is 2.93. The van der Waals surface area contributed by atoms with E-state index in [4.69, 9.17) is 21.1 Å². The molecule has 0 saturated heterocycles. The lowest BCUT2D eigenvalue weighted by atomic mass is 10.3. The number of urea groups is 1. The van der Waals surface area contributed by atoms with Crippen LogP contribution in [0.4, 0.5) is 10.5 Å². The number of anilines is 1. The van der Waals surface area contributed by atoms with Crippen LogP contribution >= 0.6 is 11.6 Å². The quantitative estimate of drug-likeness (QED) is 0.749. The fourth-order valence-corrected chi connectivity index (χ4v) is 1.91. The number of rotatable bonds is 8. The number of hydrogen-bond donors (Lipinski definition) is 1. The van der Waals surface area contributed by atoms with Crippen LogP contribution in [0.3, 0.4) is 0 Å². The van der Waals surface area contributed by atoms with E-state index >= 15 is 0 Å². The van der Waals surface area contributed by atoms with Gasteiger partial charge in [0.1, 0.15) is 0 Å². The van der Waals surface area contributed by atoms with E-state index in [0.29, 0.717) is 42.7 Å². The molecule has 0 fully saturated rings. The second kappa shape index (κ2) is 9.55. The smallest absolute Gasteiger partial charge is 0.321 e. The summed E-state index contributed by atoms with van der Waals surface area (Å²) in [5.74, 6) is 0. The predicted molar refractivity (Wildman–Crippen MR) is 82.9 cm³/mol. The van der Waals surface area contributed by atoms with Crippen molar-refractivity contribution in [3.8, 4) is 0 Å². The van der Waals surface area contributed by atoms with Crippen molar-refractivity contribution in [2.45, 2.75) is 13.3 Å². The van der Waals surface area contributed by atoms with E-state index < -0.39 is 0 Å². The summed E-state index contributed by atoms with van der Waals surface area (Å²) >= 11 is 6.13. The Morgan fingerprint density at radius 1 is 1.33 bits per heavy atom. The van der Waals surface area contributed by atoms with E-state index in [1.807, 2.05) is 0 Å². The molecule has 1 aromatic rings. The van der Waals surface area contributed by atoms with Crippen molar-refractivity contribution >= 4 is 23.3 Å². The molecule has 2 amide bonds. The molecule has 1 heterocycles. The highest BCUT2D eigenvalue weighted by Crippen LogP contribution is 2.23.